The largest absolute Gasteiger partial charge is 0.498 e. The van der Waals surface area contributed by atoms with Crippen LogP contribution in [0.5, 0.6) is 5.75 Å². The molecule has 0 aromatic heterocycles. The number of benzene rings is 5. The normalized spacial score (nSPS) is 13.3. The van der Waals surface area contributed by atoms with Crippen molar-refractivity contribution in [2.45, 2.75) is 117 Å². The Kier molecular flexibility index (Phi) is 27.4. The van der Waals surface area contributed by atoms with Crippen LogP contribution in [0.2, 0.25) is 0 Å². The van der Waals surface area contributed by atoms with E-state index in [1.54, 1.807) is 19.6 Å². The van der Waals surface area contributed by atoms with Crippen LogP contribution in [-0.4, -0.2) is 153 Å². The molecule has 518 valence electrons. The van der Waals surface area contributed by atoms with Crippen LogP contribution in [0.3, 0.4) is 0 Å². The number of Topliss-reactive ketones (excluding diaryl/α,β-unsaturated/α-hetero) is 1. The lowest BCUT2D eigenvalue weighted by molar-refractivity contribution is 0.0975. The lowest BCUT2D eigenvalue weighted by atomic mass is 9.90. The quantitative estimate of drug-likeness (QED) is 0.0352. The summed E-state index contributed by atoms with van der Waals surface area (Å²) in [5.41, 5.74) is 21.0. The first-order valence-electron chi connectivity index (χ1n) is 32.5. The molecule has 0 radical (unpaired) electrons. The van der Waals surface area contributed by atoms with E-state index in [9.17, 15) is 50.0 Å². The number of ketones is 1. The van der Waals surface area contributed by atoms with Crippen LogP contribution in [0.15, 0.2) is 30.3 Å². The van der Waals surface area contributed by atoms with Gasteiger partial charge in [-0.3, -0.25) is 4.79 Å². The number of hydrogen-bond acceptors (Lipinski definition) is 13. The monoisotopic (exact) mass is 1340 g/mol. The molecule has 4 heterocycles. The maximum atomic E-state index is 12.6. The van der Waals surface area contributed by atoms with Crippen LogP contribution < -0.4 is 36.2 Å². The number of rotatable bonds is 18. The number of ether oxygens (including phenoxy) is 1. The van der Waals surface area contributed by atoms with Crippen molar-refractivity contribution in [2.75, 3.05) is 108 Å². The number of hydrogen-bond donors (Lipinski definition) is 6. The number of nitrogens with one attached hydrogen (secondary N) is 5. The molecule has 8 amide bonds. The van der Waals surface area contributed by atoms with Crippen LogP contribution in [0.25, 0.3) is 25.0 Å². The highest BCUT2D eigenvalue weighted by molar-refractivity contribution is 5.99. The predicted molar refractivity (Wildman–Crippen MR) is 385 cm³/mol. The van der Waals surface area contributed by atoms with Gasteiger partial charge in [-0.25, -0.2) is 19.2 Å². The van der Waals surface area contributed by atoms with Gasteiger partial charge in [0, 0.05) is 140 Å². The molecule has 4 aliphatic rings. The average molecular weight is 1340 g/mol. The molecule has 5 aromatic rings. The Bertz CT molecular complexity index is 4020. The van der Waals surface area contributed by atoms with Gasteiger partial charge in [0.2, 0.25) is 5.01 Å². The number of nitrogens with zero attached hydrogens (tertiary/aromatic N) is 10. The van der Waals surface area contributed by atoms with E-state index >= 15 is 0 Å². The Labute approximate surface area is 573 Å². The van der Waals surface area contributed by atoms with Crippen molar-refractivity contribution >= 4 is 47.0 Å². The standard InChI is InChI=1S/C25H29N5O3.C17H21N3O3.C15H20N4O2.C15H19N3O3/c1-15-11-17(3)23(19(5)21(15)13-27-32)30(10-9-29-8-7-26-25(29)31)24-18(4)12-16(2)22(14-28-33)20(24)6;1-11-9-12(2)16(13(3)14(11)10-19-23)15(21)5-4-7-20-8-6-18-17(20)22;1-10-8-11(2)14(12(3)13(10)9-18-21)16-4-6-19-7-5-17-15(19)20;1-10-8-11(2)14(12(3)13(10)9-17-20)21-7-6-18-5-4-16-15(18)19/h11-12H,7-10H2,1-6H3,(H-,26,31,32);9H,4-8H2,1-3H3,(H,18,22);8,16H,4-7H2,1-3H3,(H,17,20);8H,4-7H2,1-3H3,(H,16,19)/p+1. The molecule has 0 bridgehead atoms. The van der Waals surface area contributed by atoms with E-state index in [4.69, 9.17) is 4.74 Å². The third-order valence-corrected chi connectivity index (χ3v) is 17.8. The molecule has 5 aromatic carbocycles. The second kappa shape index (κ2) is 35.4. The zero-order valence-corrected chi connectivity index (χ0v) is 58.9. The molecule has 4 aliphatic heterocycles. The van der Waals surface area contributed by atoms with Crippen LogP contribution in [0.4, 0.5) is 36.2 Å². The Morgan fingerprint density at radius 2 is 0.857 bits per heavy atom. The highest BCUT2D eigenvalue weighted by Crippen LogP contribution is 2.40. The zero-order valence-electron chi connectivity index (χ0n) is 58.9. The van der Waals surface area contributed by atoms with Crippen molar-refractivity contribution in [3.05, 3.63) is 193 Å². The molecule has 6 N–H and O–H groups in total. The molecule has 4 saturated heterocycles. The second-order valence-electron chi connectivity index (χ2n) is 24.7. The first-order valence-corrected chi connectivity index (χ1v) is 32.5. The van der Waals surface area contributed by atoms with Gasteiger partial charge in [-0.2, -0.15) is 5.21 Å². The second-order valence-corrected chi connectivity index (χ2v) is 24.7. The van der Waals surface area contributed by atoms with Crippen molar-refractivity contribution in [2.24, 2.45) is 0 Å². The predicted octanol–water partition coefficient (Wildman–Crippen LogP) is 12.2. The van der Waals surface area contributed by atoms with E-state index in [2.05, 4.69) is 86.9 Å². The first kappa shape index (κ1) is 75.7. The van der Waals surface area contributed by atoms with Crippen LogP contribution in [0, 0.1) is 155 Å². The van der Waals surface area contributed by atoms with Gasteiger partial charge < -0.3 is 76.6 Å². The van der Waals surface area contributed by atoms with Gasteiger partial charge >= 0.3 is 54.5 Å². The lowest BCUT2D eigenvalue weighted by Crippen LogP contribution is -2.36. The molecule has 0 spiro atoms. The molecule has 4 fully saturated rings. The van der Waals surface area contributed by atoms with Crippen molar-refractivity contribution < 1.29 is 33.9 Å². The van der Waals surface area contributed by atoms with Gasteiger partial charge in [0.05, 0.1) is 6.54 Å². The Morgan fingerprint density at radius 3 is 1.30 bits per heavy atom. The average Bonchev–Trinajstić information content (AvgIpc) is 0.873. The van der Waals surface area contributed by atoms with Gasteiger partial charge in [-0.1, -0.05) is 30.3 Å². The van der Waals surface area contributed by atoms with Gasteiger partial charge in [-0.05, 0) is 188 Å². The number of urea groups is 4. The minimum absolute atomic E-state index is 0.0124. The molecule has 0 saturated carbocycles. The Hall–Kier alpha value is -11.3. The summed E-state index contributed by atoms with van der Waals surface area (Å²) in [5, 5.41) is 80.4. The molecule has 26 heteroatoms. The fourth-order valence-electron chi connectivity index (χ4n) is 13.3. The van der Waals surface area contributed by atoms with Gasteiger partial charge in [0.1, 0.15) is 40.2 Å². The molecular weight excluding hydrogens is 1250 g/mol. The van der Waals surface area contributed by atoms with Gasteiger partial charge in [0.15, 0.2) is 5.78 Å². The third-order valence-electron chi connectivity index (χ3n) is 17.8. The zero-order chi connectivity index (χ0) is 72.1. The summed E-state index contributed by atoms with van der Waals surface area (Å²) in [7, 11) is 0. The van der Waals surface area contributed by atoms with Crippen molar-refractivity contribution in [3.63, 3.8) is 0 Å². The number of anilines is 3. The van der Waals surface area contributed by atoms with Crippen molar-refractivity contribution in [1.82, 2.24) is 40.9 Å². The summed E-state index contributed by atoms with van der Waals surface area (Å²) in [6.45, 7) is 38.5. The molecule has 0 atom stereocenters. The maximum Gasteiger partial charge on any atom is 0.388 e. The highest BCUT2D eigenvalue weighted by Gasteiger charge is 2.29. The SMILES string of the molecule is Cc1cc(C)c(C(=O)CCCN2CCNC2=O)c(C)c1C#[N+][O-].Cc1cc(C)c(N(CCN2CCNC2=O)c2c(C)cc(C)c(C#[N+]O)c2C)c(C)c1C#[N+][O-].Cc1cc(C)c(NCCN2CCNC2=O)c(C)c1C#[N+][O-].Cc1cc(C)c(OCCN2CCNC2=O)c(C)c1C#[N+][O-]. The van der Waals surface area contributed by atoms with Gasteiger partial charge in [0.25, 0.3) is 0 Å². The van der Waals surface area contributed by atoms with Crippen molar-refractivity contribution in [3.8, 4) is 36.1 Å². The summed E-state index contributed by atoms with van der Waals surface area (Å²) in [6.07, 6.45) is 0.982. The summed E-state index contributed by atoms with van der Waals surface area (Å²) in [4.78, 5) is 68.3. The molecule has 9 rings (SSSR count). The highest BCUT2D eigenvalue weighted by atomic mass is 16.5. The Balaban J connectivity index is 0.000000210. The number of aryl methyl sites for hydroxylation is 10. The third kappa shape index (κ3) is 18.6. The van der Waals surface area contributed by atoms with E-state index in [1.165, 1.54) is 0 Å². The molecule has 0 unspecified atom stereocenters. The first-order chi connectivity index (χ1) is 46.7. The Morgan fingerprint density at radius 1 is 0.480 bits per heavy atom. The fraction of sp³-hybridized carbons (Fsp3) is 0.444. The molecular formula is C72H90N15O11+. The van der Waals surface area contributed by atoms with E-state index in [1.807, 2.05) is 134 Å². The van der Waals surface area contributed by atoms with Crippen molar-refractivity contribution in [1.29, 1.82) is 0 Å². The number of amides is 8. The molecule has 26 nitrogen and oxygen atoms in total. The minimum atomic E-state index is -0.0707. The summed E-state index contributed by atoms with van der Waals surface area (Å²) >= 11 is 0. The fourth-order valence-corrected chi connectivity index (χ4v) is 13.3. The minimum Gasteiger partial charge on any atom is -0.498 e. The van der Waals surface area contributed by atoms with E-state index in [-0.39, 0.29) is 29.9 Å². The van der Waals surface area contributed by atoms with Gasteiger partial charge in [-0.15, -0.1) is 0 Å². The lowest BCUT2D eigenvalue weighted by Gasteiger charge is -2.33. The van der Waals surface area contributed by atoms with Crippen LogP contribution in [-0.2, 0) is 0 Å². The van der Waals surface area contributed by atoms with Crippen LogP contribution >= 0.6 is 0 Å². The maximum absolute atomic E-state index is 12.6. The van der Waals surface area contributed by atoms with E-state index in [0.717, 1.165) is 124 Å². The van der Waals surface area contributed by atoms with E-state index < -0.39 is 0 Å². The summed E-state index contributed by atoms with van der Waals surface area (Å²) in [5.74, 6) is 0.750. The molecule has 0 aliphatic carbocycles. The summed E-state index contributed by atoms with van der Waals surface area (Å²) in [6, 6.07) is 22.4. The van der Waals surface area contributed by atoms with E-state index in [0.29, 0.717) is 127 Å². The summed E-state index contributed by atoms with van der Waals surface area (Å²) < 4.78 is 5.81. The topological polar surface area (TPSA) is 305 Å². The molecule has 98 heavy (non-hydrogen) atoms. The number of carbonyl (C=O) groups excluding carboxylic acids is 5. The number of carbonyl (C=O) groups is 5. The van der Waals surface area contributed by atoms with Crippen LogP contribution in [0.1, 0.15) is 134 Å². The smallest absolute Gasteiger partial charge is 0.388 e.